The van der Waals surface area contributed by atoms with Crippen LogP contribution in [0, 0.1) is 11.7 Å². The maximum atomic E-state index is 13.1. The number of carbonyl (C=O) groups is 1. The fourth-order valence-electron chi connectivity index (χ4n) is 3.52. The third-order valence-corrected chi connectivity index (χ3v) is 5.15. The summed E-state index contributed by atoms with van der Waals surface area (Å²) < 4.78 is 18.1. The van der Waals surface area contributed by atoms with Gasteiger partial charge in [-0.2, -0.15) is 0 Å². The number of rotatable bonds is 4. The number of fused-ring (bicyclic) bond motifs is 1. The number of hydrogen-bond acceptors (Lipinski definition) is 4. The van der Waals surface area contributed by atoms with Crippen molar-refractivity contribution in [2.24, 2.45) is 5.92 Å². The van der Waals surface area contributed by atoms with Gasteiger partial charge >= 0.3 is 0 Å². The highest BCUT2D eigenvalue weighted by atomic mass is 19.1. The van der Waals surface area contributed by atoms with Crippen molar-refractivity contribution in [3.8, 4) is 11.4 Å². The van der Waals surface area contributed by atoms with E-state index >= 15 is 0 Å². The first-order valence-corrected chi connectivity index (χ1v) is 9.28. The molecule has 2 heterocycles. The topological polar surface area (TPSA) is 88.0 Å². The number of H-pyrrole nitrogens is 1. The molecule has 0 radical (unpaired) electrons. The maximum Gasteiger partial charge on any atom is 0.254 e. The summed E-state index contributed by atoms with van der Waals surface area (Å²) in [7, 11) is 0. The molecule has 0 saturated heterocycles. The van der Waals surface area contributed by atoms with Crippen molar-refractivity contribution in [2.45, 2.75) is 25.7 Å². The molecule has 1 amide bonds. The van der Waals surface area contributed by atoms with Gasteiger partial charge in [-0.3, -0.25) is 9.59 Å². The van der Waals surface area contributed by atoms with E-state index in [1.807, 2.05) is 0 Å². The summed E-state index contributed by atoms with van der Waals surface area (Å²) in [6, 6.07) is 7.52. The summed E-state index contributed by atoms with van der Waals surface area (Å²) in [5, 5.41) is 2.93. The molecule has 1 aliphatic rings. The van der Waals surface area contributed by atoms with Gasteiger partial charge in [0, 0.05) is 17.7 Å². The Labute approximate surface area is 160 Å². The molecule has 3 aromatic rings. The largest absolute Gasteiger partial charge is 0.472 e. The van der Waals surface area contributed by atoms with Gasteiger partial charge in [-0.1, -0.05) is 0 Å². The Balaban J connectivity index is 1.46. The summed E-state index contributed by atoms with van der Waals surface area (Å²) in [6.07, 6.45) is 5.80. The second kappa shape index (κ2) is 7.80. The van der Waals surface area contributed by atoms with E-state index in [-0.39, 0.29) is 23.2 Å². The highest BCUT2D eigenvalue weighted by molar-refractivity contribution is 5.93. The minimum Gasteiger partial charge on any atom is -0.472 e. The molecule has 1 aromatic carbocycles. The average Bonchev–Trinajstić information content (AvgIpc) is 3.15. The van der Waals surface area contributed by atoms with Gasteiger partial charge in [-0.15, -0.1) is 0 Å². The number of carbonyl (C=O) groups excluding carboxylic acids is 1. The Morgan fingerprint density at radius 2 is 2.00 bits per heavy atom. The molecule has 6 nitrogen and oxygen atoms in total. The fraction of sp³-hybridized carbons (Fsp3) is 0.286. The van der Waals surface area contributed by atoms with E-state index in [1.54, 1.807) is 18.2 Å². The Hall–Kier alpha value is -3.22. The van der Waals surface area contributed by atoms with Crippen LogP contribution in [0.4, 0.5) is 4.39 Å². The molecule has 2 N–H and O–H groups in total. The smallest absolute Gasteiger partial charge is 0.254 e. The molecule has 1 aliphatic carbocycles. The van der Waals surface area contributed by atoms with E-state index < -0.39 is 0 Å². The zero-order valence-electron chi connectivity index (χ0n) is 15.2. The van der Waals surface area contributed by atoms with Crippen molar-refractivity contribution in [3.63, 3.8) is 0 Å². The third kappa shape index (κ3) is 3.88. The van der Waals surface area contributed by atoms with Crippen LogP contribution in [0.25, 0.3) is 11.4 Å². The molecule has 7 heteroatoms. The number of nitrogens with one attached hydrogen (secondary N) is 2. The predicted molar refractivity (Wildman–Crippen MR) is 101 cm³/mol. The SMILES string of the molecule is O=C(NCC1CCc2nc(-c3ccc(F)cc3)[nH]c(=O)c2CC1)c1ccoc1. The summed E-state index contributed by atoms with van der Waals surface area (Å²) >= 11 is 0. The lowest BCUT2D eigenvalue weighted by molar-refractivity contribution is 0.0945. The Morgan fingerprint density at radius 3 is 2.75 bits per heavy atom. The number of aromatic nitrogens is 2. The summed E-state index contributed by atoms with van der Waals surface area (Å²) in [6.45, 7) is 0.542. The zero-order valence-corrected chi connectivity index (χ0v) is 15.2. The Kier molecular flexibility index (Phi) is 5.06. The number of aromatic amines is 1. The summed E-state index contributed by atoms with van der Waals surface area (Å²) in [5.41, 5.74) is 2.52. The van der Waals surface area contributed by atoms with Crippen LogP contribution in [0.15, 0.2) is 52.1 Å². The molecule has 0 fully saturated rings. The van der Waals surface area contributed by atoms with Crippen LogP contribution >= 0.6 is 0 Å². The van der Waals surface area contributed by atoms with Gasteiger partial charge in [0.05, 0.1) is 17.5 Å². The van der Waals surface area contributed by atoms with E-state index in [4.69, 9.17) is 4.42 Å². The van der Waals surface area contributed by atoms with Crippen LogP contribution in [0.2, 0.25) is 0 Å². The summed E-state index contributed by atoms with van der Waals surface area (Å²) in [4.78, 5) is 32.1. The van der Waals surface area contributed by atoms with Crippen molar-refractivity contribution < 1.29 is 13.6 Å². The predicted octanol–water partition coefficient (Wildman–Crippen LogP) is 3.09. The Bertz CT molecular complexity index is 1030. The quantitative estimate of drug-likeness (QED) is 0.680. The summed E-state index contributed by atoms with van der Waals surface area (Å²) in [5.74, 6) is 0.223. The fourth-order valence-corrected chi connectivity index (χ4v) is 3.52. The van der Waals surface area contributed by atoms with Crippen molar-refractivity contribution in [3.05, 3.63) is 75.9 Å². The lowest BCUT2D eigenvalue weighted by Gasteiger charge is -2.14. The van der Waals surface area contributed by atoms with Crippen LogP contribution in [0.1, 0.15) is 34.5 Å². The van der Waals surface area contributed by atoms with Gasteiger partial charge < -0.3 is 14.7 Å². The lowest BCUT2D eigenvalue weighted by atomic mass is 10.00. The van der Waals surface area contributed by atoms with Crippen LogP contribution < -0.4 is 10.9 Å². The van der Waals surface area contributed by atoms with Crippen molar-refractivity contribution >= 4 is 5.91 Å². The first kappa shape index (κ1) is 18.2. The highest BCUT2D eigenvalue weighted by Gasteiger charge is 2.21. The molecule has 4 rings (SSSR count). The monoisotopic (exact) mass is 381 g/mol. The number of furan rings is 1. The van der Waals surface area contributed by atoms with Gasteiger partial charge in [0.1, 0.15) is 17.9 Å². The molecular weight excluding hydrogens is 361 g/mol. The van der Waals surface area contributed by atoms with Crippen molar-refractivity contribution in [1.82, 2.24) is 15.3 Å². The number of halogens is 1. The molecule has 144 valence electrons. The van der Waals surface area contributed by atoms with E-state index in [0.29, 0.717) is 41.9 Å². The van der Waals surface area contributed by atoms with Gasteiger partial charge in [0.2, 0.25) is 0 Å². The maximum absolute atomic E-state index is 13.1. The van der Waals surface area contributed by atoms with E-state index in [0.717, 1.165) is 18.5 Å². The first-order chi connectivity index (χ1) is 13.6. The molecule has 1 atom stereocenters. The Morgan fingerprint density at radius 1 is 1.21 bits per heavy atom. The second-order valence-corrected chi connectivity index (χ2v) is 7.01. The first-order valence-electron chi connectivity index (χ1n) is 9.28. The van der Waals surface area contributed by atoms with Crippen LogP contribution in [-0.2, 0) is 12.8 Å². The molecule has 0 bridgehead atoms. The normalized spacial score (nSPS) is 16.2. The standard InChI is InChI=1S/C21H20FN3O3/c22-16-5-3-14(4-6-16)19-24-18-8-2-13(1-7-17(18)21(27)25-19)11-23-20(26)15-9-10-28-12-15/h3-6,9-10,12-13H,1-2,7-8,11H2,(H,23,26)(H,24,25,27). The molecule has 0 saturated carbocycles. The number of hydrogen-bond donors (Lipinski definition) is 2. The number of aryl methyl sites for hydroxylation is 1. The van der Waals surface area contributed by atoms with Crippen LogP contribution in [0.3, 0.4) is 0 Å². The molecule has 1 unspecified atom stereocenters. The van der Waals surface area contributed by atoms with Gasteiger partial charge in [0.15, 0.2) is 0 Å². The van der Waals surface area contributed by atoms with E-state index in [9.17, 15) is 14.0 Å². The van der Waals surface area contributed by atoms with Gasteiger partial charge in [-0.05, 0) is 61.9 Å². The van der Waals surface area contributed by atoms with Gasteiger partial charge in [0.25, 0.3) is 11.5 Å². The van der Waals surface area contributed by atoms with Crippen molar-refractivity contribution in [1.29, 1.82) is 0 Å². The molecule has 28 heavy (non-hydrogen) atoms. The zero-order chi connectivity index (χ0) is 19.5. The number of benzene rings is 1. The molecule has 0 spiro atoms. The lowest BCUT2D eigenvalue weighted by Crippen LogP contribution is -2.29. The second-order valence-electron chi connectivity index (χ2n) is 7.01. The minimum absolute atomic E-state index is 0.146. The van der Waals surface area contributed by atoms with Crippen molar-refractivity contribution in [2.75, 3.05) is 6.54 Å². The highest BCUT2D eigenvalue weighted by Crippen LogP contribution is 2.23. The van der Waals surface area contributed by atoms with Gasteiger partial charge in [-0.25, -0.2) is 9.37 Å². The van der Waals surface area contributed by atoms with E-state index in [2.05, 4.69) is 15.3 Å². The van der Waals surface area contributed by atoms with Crippen LogP contribution in [0.5, 0.6) is 0 Å². The number of amides is 1. The molecular formula is C21H20FN3O3. The van der Waals surface area contributed by atoms with E-state index in [1.165, 1.54) is 24.7 Å². The molecule has 2 aromatic heterocycles. The average molecular weight is 381 g/mol. The third-order valence-electron chi connectivity index (χ3n) is 5.15. The van der Waals surface area contributed by atoms with Crippen LogP contribution in [-0.4, -0.2) is 22.4 Å². The number of nitrogens with zero attached hydrogens (tertiary/aromatic N) is 1. The molecule has 0 aliphatic heterocycles. The minimum atomic E-state index is -0.332.